The third-order valence-electron chi connectivity index (χ3n) is 4.09. The van der Waals surface area contributed by atoms with Gasteiger partial charge >= 0.3 is 0 Å². The number of carbonyl (C=O) groups is 1. The summed E-state index contributed by atoms with van der Waals surface area (Å²) in [6.45, 7) is 4.74. The molecule has 1 aromatic carbocycles. The summed E-state index contributed by atoms with van der Waals surface area (Å²) in [4.78, 5) is 12.6. The van der Waals surface area contributed by atoms with Crippen LogP contribution in [0.4, 0.5) is 4.39 Å². The molecule has 0 radical (unpaired) electrons. The summed E-state index contributed by atoms with van der Waals surface area (Å²) in [6.07, 6.45) is 0.523. The lowest BCUT2D eigenvalue weighted by atomic mass is 10.2. The predicted octanol–water partition coefficient (Wildman–Crippen LogP) is 3.22. The standard InChI is InChI=1S/C17H18ClFN6OS/c1-3-24-13(21-22-17(24)27)8-9-20-16(26)14-10(2)23-25(15(14)18)12-6-4-11(19)5-7-12/h4-7H,3,8-9H2,1-2H3,(H,20,26)(H,22,27). The summed E-state index contributed by atoms with van der Waals surface area (Å²) in [6, 6.07) is 5.71. The van der Waals surface area contributed by atoms with Crippen LogP contribution in [0.3, 0.4) is 0 Å². The molecule has 1 amide bonds. The van der Waals surface area contributed by atoms with Crippen LogP contribution in [0.15, 0.2) is 24.3 Å². The van der Waals surface area contributed by atoms with Crippen molar-refractivity contribution in [2.75, 3.05) is 6.54 Å². The molecule has 2 heterocycles. The Morgan fingerprint density at radius 3 is 2.74 bits per heavy atom. The molecular weight excluding hydrogens is 391 g/mol. The minimum absolute atomic E-state index is 0.174. The van der Waals surface area contributed by atoms with Crippen molar-refractivity contribution < 1.29 is 9.18 Å². The fraction of sp³-hybridized carbons (Fsp3) is 0.294. The zero-order valence-corrected chi connectivity index (χ0v) is 16.4. The molecule has 27 heavy (non-hydrogen) atoms. The molecule has 142 valence electrons. The highest BCUT2D eigenvalue weighted by atomic mass is 35.5. The van der Waals surface area contributed by atoms with Crippen molar-refractivity contribution in [2.45, 2.75) is 26.8 Å². The molecule has 0 saturated heterocycles. The highest BCUT2D eigenvalue weighted by molar-refractivity contribution is 7.71. The van der Waals surface area contributed by atoms with E-state index in [0.717, 1.165) is 5.82 Å². The van der Waals surface area contributed by atoms with Crippen LogP contribution >= 0.6 is 23.8 Å². The Morgan fingerprint density at radius 2 is 2.07 bits per heavy atom. The lowest BCUT2D eigenvalue weighted by Gasteiger charge is -2.06. The first-order chi connectivity index (χ1) is 12.9. The summed E-state index contributed by atoms with van der Waals surface area (Å²) < 4.78 is 16.9. The molecule has 2 aromatic heterocycles. The van der Waals surface area contributed by atoms with Crippen LogP contribution in [-0.4, -0.2) is 37.0 Å². The zero-order valence-electron chi connectivity index (χ0n) is 14.8. The van der Waals surface area contributed by atoms with E-state index in [1.165, 1.54) is 16.8 Å². The molecule has 0 aliphatic carbocycles. The molecule has 0 aliphatic rings. The van der Waals surface area contributed by atoms with E-state index >= 15 is 0 Å². The average Bonchev–Trinajstić information content (AvgIpc) is 3.14. The summed E-state index contributed by atoms with van der Waals surface area (Å²) in [7, 11) is 0. The number of halogens is 2. The topological polar surface area (TPSA) is 80.5 Å². The van der Waals surface area contributed by atoms with Crippen LogP contribution in [0.25, 0.3) is 5.69 Å². The number of hydrogen-bond donors (Lipinski definition) is 2. The van der Waals surface area contributed by atoms with Gasteiger partial charge in [-0.1, -0.05) is 11.6 Å². The third-order valence-corrected chi connectivity index (χ3v) is 4.75. The number of nitrogens with zero attached hydrogens (tertiary/aromatic N) is 4. The number of rotatable bonds is 6. The predicted molar refractivity (Wildman–Crippen MR) is 102 cm³/mol. The second-order valence-electron chi connectivity index (χ2n) is 5.83. The fourth-order valence-corrected chi connectivity index (χ4v) is 3.39. The maximum Gasteiger partial charge on any atom is 0.256 e. The first-order valence-corrected chi connectivity index (χ1v) is 9.14. The Labute approximate surface area is 165 Å². The van der Waals surface area contributed by atoms with Crippen LogP contribution < -0.4 is 5.32 Å². The van der Waals surface area contributed by atoms with Crippen molar-refractivity contribution in [2.24, 2.45) is 0 Å². The number of hydrogen-bond acceptors (Lipinski definition) is 4. The van der Waals surface area contributed by atoms with Gasteiger partial charge in [-0.3, -0.25) is 9.89 Å². The number of nitrogens with one attached hydrogen (secondary N) is 2. The quantitative estimate of drug-likeness (QED) is 0.614. The van der Waals surface area contributed by atoms with Crippen LogP contribution in [-0.2, 0) is 13.0 Å². The largest absolute Gasteiger partial charge is 0.351 e. The van der Waals surface area contributed by atoms with Gasteiger partial charge in [0.15, 0.2) is 4.77 Å². The van der Waals surface area contributed by atoms with E-state index in [9.17, 15) is 9.18 Å². The average molecular weight is 409 g/mol. The maximum atomic E-state index is 13.1. The van der Waals surface area contributed by atoms with Crippen LogP contribution in [0.5, 0.6) is 0 Å². The second kappa shape index (κ2) is 8.01. The van der Waals surface area contributed by atoms with Crippen molar-refractivity contribution in [3.05, 3.63) is 57.1 Å². The van der Waals surface area contributed by atoms with Crippen LogP contribution in [0.2, 0.25) is 5.15 Å². The van der Waals surface area contributed by atoms with E-state index in [4.69, 9.17) is 23.8 Å². The summed E-state index contributed by atoms with van der Waals surface area (Å²) in [5, 5.41) is 14.2. The van der Waals surface area contributed by atoms with Crippen molar-refractivity contribution in [1.29, 1.82) is 0 Å². The van der Waals surface area contributed by atoms with E-state index in [1.807, 2.05) is 11.5 Å². The van der Waals surface area contributed by atoms with Gasteiger partial charge in [0, 0.05) is 19.5 Å². The van der Waals surface area contributed by atoms with Gasteiger partial charge in [0.1, 0.15) is 16.8 Å². The molecule has 0 fully saturated rings. The molecule has 7 nitrogen and oxygen atoms in total. The van der Waals surface area contributed by atoms with Gasteiger partial charge in [-0.15, -0.1) is 0 Å². The monoisotopic (exact) mass is 408 g/mol. The number of carbonyl (C=O) groups excluding carboxylic acids is 1. The molecule has 0 saturated carbocycles. The molecule has 0 aliphatic heterocycles. The van der Waals surface area contributed by atoms with Gasteiger partial charge in [0.05, 0.1) is 16.9 Å². The van der Waals surface area contributed by atoms with E-state index in [1.54, 1.807) is 19.1 Å². The molecule has 0 bridgehead atoms. The number of aromatic amines is 1. The molecule has 0 atom stereocenters. The third kappa shape index (κ3) is 3.93. The Hall–Kier alpha value is -2.52. The van der Waals surface area contributed by atoms with Gasteiger partial charge in [0.25, 0.3) is 5.91 Å². The van der Waals surface area contributed by atoms with E-state index in [2.05, 4.69) is 20.6 Å². The highest BCUT2D eigenvalue weighted by Crippen LogP contribution is 2.23. The normalized spacial score (nSPS) is 11.0. The van der Waals surface area contributed by atoms with E-state index in [0.29, 0.717) is 35.7 Å². The minimum atomic E-state index is -0.360. The Balaban J connectivity index is 1.73. The number of H-pyrrole nitrogens is 1. The second-order valence-corrected chi connectivity index (χ2v) is 6.58. The van der Waals surface area contributed by atoms with Crippen molar-refractivity contribution in [1.82, 2.24) is 29.9 Å². The molecule has 3 aromatic rings. The molecule has 3 rings (SSSR count). The Bertz CT molecular complexity index is 1020. The van der Waals surface area contributed by atoms with Crippen molar-refractivity contribution in [3.63, 3.8) is 0 Å². The fourth-order valence-electron chi connectivity index (χ4n) is 2.75. The maximum absolute atomic E-state index is 13.1. The van der Waals surface area contributed by atoms with Gasteiger partial charge in [-0.2, -0.15) is 10.2 Å². The molecule has 2 N–H and O–H groups in total. The number of aromatic nitrogens is 5. The number of benzene rings is 1. The van der Waals surface area contributed by atoms with E-state index in [-0.39, 0.29) is 22.4 Å². The van der Waals surface area contributed by atoms with Gasteiger partial charge in [-0.05, 0) is 50.3 Å². The summed E-state index contributed by atoms with van der Waals surface area (Å²) >= 11 is 11.5. The first-order valence-electron chi connectivity index (χ1n) is 8.35. The van der Waals surface area contributed by atoms with E-state index < -0.39 is 0 Å². The van der Waals surface area contributed by atoms with Crippen molar-refractivity contribution >= 4 is 29.7 Å². The van der Waals surface area contributed by atoms with Crippen LogP contribution in [0, 0.1) is 17.5 Å². The number of aryl methyl sites for hydroxylation is 1. The molecule has 0 spiro atoms. The molecule has 10 heteroatoms. The summed E-state index contributed by atoms with van der Waals surface area (Å²) in [5.41, 5.74) is 1.34. The molecule has 0 unspecified atom stereocenters. The lowest BCUT2D eigenvalue weighted by Crippen LogP contribution is -2.27. The van der Waals surface area contributed by atoms with Gasteiger partial charge in [0.2, 0.25) is 0 Å². The smallest absolute Gasteiger partial charge is 0.256 e. The SMILES string of the molecule is CCn1c(CCNC(=O)c2c(C)nn(-c3ccc(F)cc3)c2Cl)n[nH]c1=S. The first kappa shape index (κ1) is 19.2. The van der Waals surface area contributed by atoms with Crippen LogP contribution in [0.1, 0.15) is 28.8 Å². The zero-order chi connectivity index (χ0) is 19.6. The number of amides is 1. The summed E-state index contributed by atoms with van der Waals surface area (Å²) in [5.74, 6) is 0.0808. The lowest BCUT2D eigenvalue weighted by molar-refractivity contribution is 0.0953. The minimum Gasteiger partial charge on any atom is -0.351 e. The Morgan fingerprint density at radius 1 is 1.37 bits per heavy atom. The highest BCUT2D eigenvalue weighted by Gasteiger charge is 2.21. The Kier molecular flexibility index (Phi) is 5.71. The van der Waals surface area contributed by atoms with Crippen molar-refractivity contribution in [3.8, 4) is 5.69 Å². The van der Waals surface area contributed by atoms with Gasteiger partial charge < -0.3 is 9.88 Å². The van der Waals surface area contributed by atoms with Gasteiger partial charge in [-0.25, -0.2) is 9.07 Å². The molecular formula is C17H18ClFN6OS.